The molecule has 1 aromatic carbocycles. The number of halogens is 1. The van der Waals surface area contributed by atoms with Crippen LogP contribution in [0.4, 0.5) is 0 Å². The van der Waals surface area contributed by atoms with Gasteiger partial charge in [-0.2, -0.15) is 0 Å². The van der Waals surface area contributed by atoms with E-state index in [1.54, 1.807) is 31.2 Å². The largest absolute Gasteiger partial charge is 0.484 e. The Labute approximate surface area is 116 Å². The Morgan fingerprint density at radius 2 is 2.16 bits per heavy atom. The summed E-state index contributed by atoms with van der Waals surface area (Å²) in [6, 6.07) is 6.62. The molecule has 1 unspecified atom stereocenters. The van der Waals surface area contributed by atoms with Crippen molar-refractivity contribution in [3.05, 3.63) is 29.3 Å². The lowest BCUT2D eigenvalue weighted by Crippen LogP contribution is -2.53. The van der Waals surface area contributed by atoms with Crippen molar-refractivity contribution in [2.24, 2.45) is 0 Å². The number of aliphatic carboxylic acids is 1. The van der Waals surface area contributed by atoms with Crippen molar-refractivity contribution in [1.29, 1.82) is 0 Å². The topological polar surface area (TPSA) is 75.6 Å². The van der Waals surface area contributed by atoms with Crippen LogP contribution in [0.1, 0.15) is 20.3 Å². The van der Waals surface area contributed by atoms with Gasteiger partial charge < -0.3 is 15.2 Å². The van der Waals surface area contributed by atoms with E-state index in [-0.39, 0.29) is 13.0 Å². The van der Waals surface area contributed by atoms with E-state index in [4.69, 9.17) is 21.4 Å². The summed E-state index contributed by atoms with van der Waals surface area (Å²) in [5.74, 6) is -1.12. The van der Waals surface area contributed by atoms with Crippen molar-refractivity contribution in [2.75, 3.05) is 6.61 Å². The summed E-state index contributed by atoms with van der Waals surface area (Å²) < 4.78 is 5.23. The standard InChI is InChI=1S/C13H16ClNO4/c1-3-13(2,12(17)18)15-11(16)8-19-10-6-4-5-9(14)7-10/h4-7H,3,8H2,1-2H3,(H,15,16)(H,17,18). The zero-order valence-corrected chi connectivity index (χ0v) is 11.5. The van der Waals surface area contributed by atoms with Crippen molar-refractivity contribution >= 4 is 23.5 Å². The highest BCUT2D eigenvalue weighted by Crippen LogP contribution is 2.17. The first-order valence-electron chi connectivity index (χ1n) is 5.80. The highest BCUT2D eigenvalue weighted by molar-refractivity contribution is 6.30. The lowest BCUT2D eigenvalue weighted by Gasteiger charge is -2.24. The van der Waals surface area contributed by atoms with Gasteiger partial charge in [0.05, 0.1) is 0 Å². The van der Waals surface area contributed by atoms with Gasteiger partial charge in [0.1, 0.15) is 11.3 Å². The van der Waals surface area contributed by atoms with E-state index in [0.29, 0.717) is 10.8 Å². The molecule has 0 heterocycles. The molecule has 0 aliphatic rings. The zero-order chi connectivity index (χ0) is 14.5. The minimum atomic E-state index is -1.28. The molecule has 104 valence electrons. The summed E-state index contributed by atoms with van der Waals surface area (Å²) in [5, 5.41) is 12.0. The fourth-order valence-electron chi connectivity index (χ4n) is 1.34. The molecule has 6 heteroatoms. The van der Waals surface area contributed by atoms with Crippen LogP contribution < -0.4 is 10.1 Å². The Hall–Kier alpha value is -1.75. The van der Waals surface area contributed by atoms with E-state index < -0.39 is 17.4 Å². The Morgan fingerprint density at radius 1 is 1.47 bits per heavy atom. The fourth-order valence-corrected chi connectivity index (χ4v) is 1.52. The van der Waals surface area contributed by atoms with Crippen LogP contribution >= 0.6 is 11.6 Å². The van der Waals surface area contributed by atoms with Crippen LogP contribution in [0.3, 0.4) is 0 Å². The second-order valence-corrected chi connectivity index (χ2v) is 4.72. The predicted octanol–water partition coefficient (Wildman–Crippen LogP) is 2.09. The van der Waals surface area contributed by atoms with Gasteiger partial charge in [0.15, 0.2) is 6.61 Å². The molecule has 1 amide bonds. The van der Waals surface area contributed by atoms with Crippen LogP contribution in [-0.2, 0) is 9.59 Å². The maximum atomic E-state index is 11.6. The monoisotopic (exact) mass is 285 g/mol. The van der Waals surface area contributed by atoms with Crippen LogP contribution in [-0.4, -0.2) is 29.1 Å². The maximum absolute atomic E-state index is 11.6. The highest BCUT2D eigenvalue weighted by atomic mass is 35.5. The number of nitrogens with one attached hydrogen (secondary N) is 1. The maximum Gasteiger partial charge on any atom is 0.329 e. The second kappa shape index (κ2) is 6.43. The van der Waals surface area contributed by atoms with Crippen molar-refractivity contribution in [3.63, 3.8) is 0 Å². The summed E-state index contributed by atoms with van der Waals surface area (Å²) in [5.41, 5.74) is -1.28. The van der Waals surface area contributed by atoms with Crippen LogP contribution in [0.25, 0.3) is 0 Å². The van der Waals surface area contributed by atoms with Crippen LogP contribution in [0, 0.1) is 0 Å². The predicted molar refractivity (Wildman–Crippen MR) is 71.4 cm³/mol. The van der Waals surface area contributed by atoms with E-state index in [0.717, 1.165) is 0 Å². The SMILES string of the molecule is CCC(C)(NC(=O)COc1cccc(Cl)c1)C(=O)O. The number of ether oxygens (including phenoxy) is 1. The summed E-state index contributed by atoms with van der Waals surface area (Å²) >= 11 is 5.77. The molecule has 0 aliphatic carbocycles. The van der Waals surface area contributed by atoms with Crippen molar-refractivity contribution in [1.82, 2.24) is 5.32 Å². The lowest BCUT2D eigenvalue weighted by atomic mass is 9.99. The van der Waals surface area contributed by atoms with E-state index in [1.807, 2.05) is 0 Å². The van der Waals surface area contributed by atoms with Crippen molar-refractivity contribution in [3.8, 4) is 5.75 Å². The Bertz CT molecular complexity index is 477. The normalized spacial score (nSPS) is 13.4. The van der Waals surface area contributed by atoms with Gasteiger partial charge in [-0.05, 0) is 31.5 Å². The first kappa shape index (κ1) is 15.3. The third kappa shape index (κ3) is 4.44. The molecule has 0 spiro atoms. The molecule has 0 aromatic heterocycles. The van der Waals surface area contributed by atoms with Crippen LogP contribution in [0.5, 0.6) is 5.75 Å². The molecule has 1 aromatic rings. The molecule has 0 saturated carbocycles. The van der Waals surface area contributed by atoms with Gasteiger partial charge in [-0.3, -0.25) is 4.79 Å². The summed E-state index contributed by atoms with van der Waals surface area (Å²) in [6.07, 6.45) is 0.283. The van der Waals surface area contributed by atoms with Crippen LogP contribution in [0.2, 0.25) is 5.02 Å². The Morgan fingerprint density at radius 3 is 2.68 bits per heavy atom. The Balaban J connectivity index is 2.54. The van der Waals surface area contributed by atoms with Gasteiger partial charge in [-0.25, -0.2) is 4.79 Å². The molecule has 1 atom stereocenters. The van der Waals surface area contributed by atoms with Gasteiger partial charge in [0.25, 0.3) is 5.91 Å². The molecule has 0 aliphatic heterocycles. The quantitative estimate of drug-likeness (QED) is 0.839. The number of carboxylic acid groups (broad SMARTS) is 1. The smallest absolute Gasteiger partial charge is 0.329 e. The average Bonchev–Trinajstić information content (AvgIpc) is 2.36. The van der Waals surface area contributed by atoms with Crippen molar-refractivity contribution < 1.29 is 19.4 Å². The van der Waals surface area contributed by atoms with E-state index >= 15 is 0 Å². The number of carbonyl (C=O) groups is 2. The third-order valence-corrected chi connectivity index (χ3v) is 3.00. The molecule has 2 N–H and O–H groups in total. The molecule has 0 fully saturated rings. The van der Waals surface area contributed by atoms with Gasteiger partial charge >= 0.3 is 5.97 Å². The van der Waals surface area contributed by atoms with E-state index in [9.17, 15) is 9.59 Å². The first-order valence-corrected chi connectivity index (χ1v) is 6.18. The number of carbonyl (C=O) groups excluding carboxylic acids is 1. The van der Waals surface area contributed by atoms with Crippen molar-refractivity contribution in [2.45, 2.75) is 25.8 Å². The molecule has 5 nitrogen and oxygen atoms in total. The minimum absolute atomic E-state index is 0.261. The molecule has 1 rings (SSSR count). The van der Waals surface area contributed by atoms with Crippen LogP contribution in [0.15, 0.2) is 24.3 Å². The Kier molecular flexibility index (Phi) is 5.18. The molecule has 0 saturated heterocycles. The van der Waals surface area contributed by atoms with Gasteiger partial charge in [0.2, 0.25) is 0 Å². The number of carboxylic acids is 1. The zero-order valence-electron chi connectivity index (χ0n) is 10.8. The summed E-state index contributed by atoms with van der Waals surface area (Å²) in [7, 11) is 0. The number of hydrogen-bond donors (Lipinski definition) is 2. The van der Waals surface area contributed by atoms with Gasteiger partial charge in [-0.1, -0.05) is 24.6 Å². The number of benzene rings is 1. The number of rotatable bonds is 6. The van der Waals surface area contributed by atoms with E-state index in [1.165, 1.54) is 6.92 Å². The minimum Gasteiger partial charge on any atom is -0.484 e. The first-order chi connectivity index (χ1) is 8.87. The molecule has 0 bridgehead atoms. The summed E-state index contributed by atoms with van der Waals surface area (Å²) in [6.45, 7) is 2.88. The number of hydrogen-bond acceptors (Lipinski definition) is 3. The lowest BCUT2D eigenvalue weighted by molar-refractivity contribution is -0.147. The molecule has 19 heavy (non-hydrogen) atoms. The summed E-state index contributed by atoms with van der Waals surface area (Å²) in [4.78, 5) is 22.7. The molecule has 0 radical (unpaired) electrons. The molecular formula is C13H16ClNO4. The third-order valence-electron chi connectivity index (χ3n) is 2.76. The average molecular weight is 286 g/mol. The van der Waals surface area contributed by atoms with Gasteiger partial charge in [0, 0.05) is 5.02 Å². The van der Waals surface area contributed by atoms with E-state index in [2.05, 4.69) is 5.32 Å². The molecular weight excluding hydrogens is 270 g/mol. The second-order valence-electron chi connectivity index (χ2n) is 4.29. The fraction of sp³-hybridized carbons (Fsp3) is 0.385. The highest BCUT2D eigenvalue weighted by Gasteiger charge is 2.32. The number of amides is 1. The van der Waals surface area contributed by atoms with Gasteiger partial charge in [-0.15, -0.1) is 0 Å².